The van der Waals surface area contributed by atoms with E-state index in [1.807, 2.05) is 0 Å². The highest BCUT2D eigenvalue weighted by molar-refractivity contribution is 9.10. The Morgan fingerprint density at radius 1 is 1.52 bits per heavy atom. The van der Waals surface area contributed by atoms with Gasteiger partial charge in [0, 0.05) is 31.8 Å². The highest BCUT2D eigenvalue weighted by Gasteiger charge is 2.30. The molecule has 0 unspecified atom stereocenters. The summed E-state index contributed by atoms with van der Waals surface area (Å²) >= 11 is 2.95. The molecule has 1 aromatic rings. The van der Waals surface area contributed by atoms with Gasteiger partial charge in [-0.1, -0.05) is 0 Å². The quantitative estimate of drug-likeness (QED) is 0.586. The van der Waals surface area contributed by atoms with Crippen molar-refractivity contribution in [3.63, 3.8) is 0 Å². The summed E-state index contributed by atoms with van der Waals surface area (Å²) in [6.45, 7) is 6.89. The number of anilines is 1. The summed E-state index contributed by atoms with van der Waals surface area (Å²) in [7, 11) is 0. The zero-order valence-corrected chi connectivity index (χ0v) is 15.9. The standard InChI is InChI=1S/C16H21BrFN3O4/c1-16(2,3)25-15(22)20-5-4-10(9-20)8-19-13-7-12(18)11(17)6-14(13)21(23)24/h6-7,10,19H,4-5,8-9H2,1-3H3/t10-/m0/s1. The van der Waals surface area contributed by atoms with E-state index in [0.29, 0.717) is 19.6 Å². The maximum absolute atomic E-state index is 13.7. The number of amides is 1. The SMILES string of the molecule is CC(C)(C)OC(=O)N1CC[C@@H](CNc2cc(F)c(Br)cc2[N+](=O)[O-])C1. The number of hydrogen-bond acceptors (Lipinski definition) is 5. The summed E-state index contributed by atoms with van der Waals surface area (Å²) in [6, 6.07) is 2.24. The molecule has 138 valence electrons. The van der Waals surface area contributed by atoms with Crippen LogP contribution < -0.4 is 5.32 Å². The normalized spacial score (nSPS) is 17.5. The van der Waals surface area contributed by atoms with E-state index in [4.69, 9.17) is 4.74 Å². The molecule has 1 aliphatic rings. The van der Waals surface area contributed by atoms with Crippen molar-refractivity contribution in [2.45, 2.75) is 32.8 Å². The molecular weight excluding hydrogens is 397 g/mol. The van der Waals surface area contributed by atoms with Crippen LogP contribution in [0.25, 0.3) is 0 Å². The van der Waals surface area contributed by atoms with Gasteiger partial charge in [-0.3, -0.25) is 10.1 Å². The highest BCUT2D eigenvalue weighted by atomic mass is 79.9. The van der Waals surface area contributed by atoms with Gasteiger partial charge in [-0.15, -0.1) is 0 Å². The average Bonchev–Trinajstić information content (AvgIpc) is 2.95. The number of nitrogens with zero attached hydrogens (tertiary/aromatic N) is 2. The van der Waals surface area contributed by atoms with Crippen LogP contribution >= 0.6 is 15.9 Å². The number of carbonyl (C=O) groups excluding carboxylic acids is 1. The lowest BCUT2D eigenvalue weighted by atomic mass is 10.1. The fraction of sp³-hybridized carbons (Fsp3) is 0.562. The van der Waals surface area contributed by atoms with Crippen molar-refractivity contribution in [3.8, 4) is 0 Å². The van der Waals surface area contributed by atoms with Gasteiger partial charge in [-0.25, -0.2) is 9.18 Å². The Bertz CT molecular complexity index is 678. The molecule has 25 heavy (non-hydrogen) atoms. The summed E-state index contributed by atoms with van der Waals surface area (Å²) in [6.07, 6.45) is 0.384. The Balaban J connectivity index is 1.96. The second kappa shape index (κ2) is 7.55. The molecule has 9 heteroatoms. The number of hydrogen-bond donors (Lipinski definition) is 1. The Morgan fingerprint density at radius 3 is 2.80 bits per heavy atom. The maximum atomic E-state index is 13.7. The third-order valence-corrected chi connectivity index (χ3v) is 4.36. The molecule has 1 heterocycles. The van der Waals surface area contributed by atoms with Gasteiger partial charge >= 0.3 is 6.09 Å². The maximum Gasteiger partial charge on any atom is 0.410 e. The first-order valence-electron chi connectivity index (χ1n) is 7.92. The van der Waals surface area contributed by atoms with Gasteiger partial charge in [0.05, 0.1) is 9.40 Å². The summed E-state index contributed by atoms with van der Waals surface area (Å²) in [5, 5.41) is 14.0. The topological polar surface area (TPSA) is 84.7 Å². The Labute approximate surface area is 153 Å². The van der Waals surface area contributed by atoms with Gasteiger partial charge in [0.2, 0.25) is 0 Å². The third kappa shape index (κ3) is 5.29. The summed E-state index contributed by atoms with van der Waals surface area (Å²) in [5.74, 6) is -0.464. The molecular formula is C16H21BrFN3O4. The Kier molecular flexibility index (Phi) is 5.87. The first-order chi connectivity index (χ1) is 11.6. The Morgan fingerprint density at radius 2 is 2.20 bits per heavy atom. The number of carbonyl (C=O) groups is 1. The molecule has 2 rings (SSSR count). The zero-order chi connectivity index (χ0) is 18.8. The van der Waals surface area contributed by atoms with Crippen molar-refractivity contribution in [3.05, 3.63) is 32.5 Å². The minimum Gasteiger partial charge on any atom is -0.444 e. The number of halogens is 2. The summed E-state index contributed by atoms with van der Waals surface area (Å²) < 4.78 is 19.0. The van der Waals surface area contributed by atoms with E-state index in [1.54, 1.807) is 25.7 Å². The second-order valence-electron chi connectivity index (χ2n) is 7.00. The van der Waals surface area contributed by atoms with E-state index < -0.39 is 16.3 Å². The van der Waals surface area contributed by atoms with Crippen LogP contribution in [0.5, 0.6) is 0 Å². The molecule has 0 saturated carbocycles. The molecule has 1 N–H and O–H groups in total. The van der Waals surface area contributed by atoms with Crippen molar-refractivity contribution in [1.82, 2.24) is 4.90 Å². The van der Waals surface area contributed by atoms with Gasteiger partial charge < -0.3 is 15.0 Å². The van der Waals surface area contributed by atoms with E-state index >= 15 is 0 Å². The first-order valence-corrected chi connectivity index (χ1v) is 8.71. The van der Waals surface area contributed by atoms with Crippen LogP contribution in [0.2, 0.25) is 0 Å². The first kappa shape index (κ1) is 19.4. The lowest BCUT2D eigenvalue weighted by Crippen LogP contribution is -2.35. The minimum atomic E-state index is -0.574. The number of likely N-dealkylation sites (tertiary alicyclic amines) is 1. The summed E-state index contributed by atoms with van der Waals surface area (Å²) in [5.41, 5.74) is -0.625. The van der Waals surface area contributed by atoms with Crippen molar-refractivity contribution in [2.75, 3.05) is 25.0 Å². The monoisotopic (exact) mass is 417 g/mol. The second-order valence-corrected chi connectivity index (χ2v) is 7.86. The summed E-state index contributed by atoms with van der Waals surface area (Å²) in [4.78, 5) is 24.2. The molecule has 0 spiro atoms. The van der Waals surface area contributed by atoms with E-state index in [1.165, 1.54) is 0 Å². The van der Waals surface area contributed by atoms with Crippen molar-refractivity contribution in [2.24, 2.45) is 5.92 Å². The van der Waals surface area contributed by atoms with Crippen molar-refractivity contribution in [1.29, 1.82) is 0 Å². The van der Waals surface area contributed by atoms with Gasteiger partial charge in [0.15, 0.2) is 0 Å². The molecule has 0 aliphatic carbocycles. The molecule has 0 bridgehead atoms. The van der Waals surface area contributed by atoms with Gasteiger partial charge in [0.1, 0.15) is 17.1 Å². The smallest absolute Gasteiger partial charge is 0.410 e. The van der Waals surface area contributed by atoms with Crippen molar-refractivity contribution < 1.29 is 18.8 Å². The minimum absolute atomic E-state index is 0.0433. The lowest BCUT2D eigenvalue weighted by molar-refractivity contribution is -0.384. The van der Waals surface area contributed by atoms with Crippen LogP contribution in [0.3, 0.4) is 0 Å². The fourth-order valence-corrected chi connectivity index (χ4v) is 2.91. The molecule has 1 amide bonds. The highest BCUT2D eigenvalue weighted by Crippen LogP contribution is 2.31. The molecule has 7 nitrogen and oxygen atoms in total. The molecule has 0 radical (unpaired) electrons. The molecule has 1 atom stereocenters. The molecule has 1 saturated heterocycles. The number of ether oxygens (including phenoxy) is 1. The number of nitro benzene ring substituents is 1. The molecule has 1 aliphatic heterocycles. The fourth-order valence-electron chi connectivity index (χ4n) is 2.57. The van der Waals surface area contributed by atoms with E-state index in [2.05, 4.69) is 21.2 Å². The molecule has 0 aromatic heterocycles. The zero-order valence-electron chi connectivity index (χ0n) is 14.3. The van der Waals surface area contributed by atoms with Crippen LogP contribution in [0, 0.1) is 21.8 Å². The van der Waals surface area contributed by atoms with Crippen LogP contribution in [0.15, 0.2) is 16.6 Å². The number of nitro groups is 1. The largest absolute Gasteiger partial charge is 0.444 e. The third-order valence-electron chi connectivity index (χ3n) is 3.75. The molecule has 1 fully saturated rings. The van der Waals surface area contributed by atoms with Crippen LogP contribution in [-0.2, 0) is 4.74 Å². The number of nitrogens with one attached hydrogen (secondary N) is 1. The lowest BCUT2D eigenvalue weighted by Gasteiger charge is -2.24. The van der Waals surface area contributed by atoms with Crippen molar-refractivity contribution >= 4 is 33.4 Å². The molecule has 1 aromatic carbocycles. The van der Waals surface area contributed by atoms with Gasteiger partial charge in [0.25, 0.3) is 5.69 Å². The van der Waals surface area contributed by atoms with Crippen LogP contribution in [0.4, 0.5) is 20.6 Å². The van der Waals surface area contributed by atoms with Crippen LogP contribution in [0.1, 0.15) is 27.2 Å². The van der Waals surface area contributed by atoms with E-state index in [9.17, 15) is 19.3 Å². The predicted octanol–water partition coefficient (Wildman–Crippen LogP) is 4.17. The van der Waals surface area contributed by atoms with E-state index in [-0.39, 0.29) is 27.9 Å². The average molecular weight is 418 g/mol. The van der Waals surface area contributed by atoms with E-state index in [0.717, 1.165) is 18.6 Å². The number of benzene rings is 1. The van der Waals surface area contributed by atoms with Crippen LogP contribution in [-0.4, -0.2) is 41.2 Å². The number of rotatable bonds is 4. The van der Waals surface area contributed by atoms with Gasteiger partial charge in [-0.05, 0) is 49.0 Å². The predicted molar refractivity (Wildman–Crippen MR) is 95.2 cm³/mol. The van der Waals surface area contributed by atoms with Gasteiger partial charge in [-0.2, -0.15) is 0 Å². The Hall–Kier alpha value is -1.90.